The molecule has 35 heavy (non-hydrogen) atoms. The number of hydrogen-bond acceptors (Lipinski definition) is 8. The molecular formula is C24H34N4O7. The SMILES string of the molecule is COC1C2=C(C=C(N3CCN(C(=O)OC(C)(C)C)CC3)C1C)C(O)N(C1CCC(=O)NC1=O)C2=O. The summed E-state index contributed by atoms with van der Waals surface area (Å²) < 4.78 is 11.2. The summed E-state index contributed by atoms with van der Waals surface area (Å²) in [6, 6.07) is -0.928. The monoisotopic (exact) mass is 490 g/mol. The summed E-state index contributed by atoms with van der Waals surface area (Å²) >= 11 is 0. The number of carbonyl (C=O) groups excluding carboxylic acids is 4. The molecule has 0 saturated carbocycles. The number of rotatable bonds is 3. The number of amides is 4. The van der Waals surface area contributed by atoms with Gasteiger partial charge < -0.3 is 24.4 Å². The van der Waals surface area contributed by atoms with Crippen LogP contribution in [0.25, 0.3) is 0 Å². The third-order valence-corrected chi connectivity index (χ3v) is 6.92. The van der Waals surface area contributed by atoms with Gasteiger partial charge in [-0.15, -0.1) is 0 Å². The molecule has 11 heteroatoms. The minimum Gasteiger partial charge on any atom is -0.444 e. The Balaban J connectivity index is 1.54. The maximum atomic E-state index is 13.4. The van der Waals surface area contributed by atoms with Crippen molar-refractivity contribution in [1.29, 1.82) is 0 Å². The predicted molar refractivity (Wildman–Crippen MR) is 123 cm³/mol. The molecule has 4 aliphatic rings. The van der Waals surface area contributed by atoms with Gasteiger partial charge in [-0.3, -0.25) is 24.6 Å². The summed E-state index contributed by atoms with van der Waals surface area (Å²) in [6.45, 7) is 9.54. The van der Waals surface area contributed by atoms with Crippen molar-refractivity contribution in [2.75, 3.05) is 33.3 Å². The minimum absolute atomic E-state index is 0.102. The lowest BCUT2D eigenvalue weighted by atomic mass is 9.85. The lowest BCUT2D eigenvalue weighted by Gasteiger charge is -2.42. The Morgan fingerprint density at radius 3 is 2.37 bits per heavy atom. The summed E-state index contributed by atoms with van der Waals surface area (Å²) in [6.07, 6.45) is -0.194. The van der Waals surface area contributed by atoms with Crippen molar-refractivity contribution in [3.63, 3.8) is 0 Å². The molecule has 3 aliphatic heterocycles. The lowest BCUT2D eigenvalue weighted by Crippen LogP contribution is -2.56. The van der Waals surface area contributed by atoms with Crippen LogP contribution in [0.4, 0.5) is 4.79 Å². The van der Waals surface area contributed by atoms with Gasteiger partial charge in [0.2, 0.25) is 11.8 Å². The molecule has 3 heterocycles. The van der Waals surface area contributed by atoms with E-state index >= 15 is 0 Å². The fraction of sp³-hybridized carbons (Fsp3) is 0.667. The number of nitrogens with one attached hydrogen (secondary N) is 1. The maximum Gasteiger partial charge on any atom is 0.410 e. The number of methoxy groups -OCH3 is 1. The van der Waals surface area contributed by atoms with Crippen LogP contribution < -0.4 is 5.32 Å². The number of nitrogens with zero attached hydrogens (tertiary/aromatic N) is 3. The van der Waals surface area contributed by atoms with Crippen molar-refractivity contribution >= 4 is 23.8 Å². The molecular weight excluding hydrogens is 456 g/mol. The Bertz CT molecular complexity index is 990. The van der Waals surface area contributed by atoms with Crippen molar-refractivity contribution in [3.8, 4) is 0 Å². The Hall–Kier alpha value is -2.92. The molecule has 4 unspecified atom stereocenters. The molecule has 2 fully saturated rings. The zero-order valence-electron chi connectivity index (χ0n) is 20.9. The number of piperidine rings is 1. The van der Waals surface area contributed by atoms with Gasteiger partial charge in [-0.1, -0.05) is 6.92 Å². The summed E-state index contributed by atoms with van der Waals surface area (Å²) in [5.74, 6) is -1.62. The van der Waals surface area contributed by atoms with E-state index in [9.17, 15) is 24.3 Å². The topological polar surface area (TPSA) is 129 Å². The van der Waals surface area contributed by atoms with E-state index in [1.165, 1.54) is 7.11 Å². The third-order valence-electron chi connectivity index (χ3n) is 6.92. The molecule has 0 radical (unpaired) electrons. The smallest absolute Gasteiger partial charge is 0.410 e. The molecule has 2 saturated heterocycles. The Morgan fingerprint density at radius 2 is 1.80 bits per heavy atom. The second kappa shape index (κ2) is 9.27. The summed E-state index contributed by atoms with van der Waals surface area (Å²) in [4.78, 5) is 54.8. The molecule has 4 amide bonds. The zero-order valence-corrected chi connectivity index (χ0v) is 20.9. The van der Waals surface area contributed by atoms with Crippen LogP contribution in [0.1, 0.15) is 40.5 Å². The standard InChI is InChI=1S/C24H34N4O7/c1-13-16(26-8-10-27(11-9-26)23(33)35-24(2,3)4)12-14-18(19(13)34-5)22(32)28(21(14)31)15-6-7-17(29)25-20(15)30/h12-13,15,19,21,31H,6-11H2,1-5H3,(H,25,29,30). The molecule has 0 spiro atoms. The van der Waals surface area contributed by atoms with E-state index in [1.54, 1.807) is 4.90 Å². The molecule has 2 N–H and O–H groups in total. The van der Waals surface area contributed by atoms with Crippen molar-refractivity contribution in [2.45, 2.75) is 64.5 Å². The van der Waals surface area contributed by atoms with Crippen LogP contribution in [0.2, 0.25) is 0 Å². The summed E-state index contributed by atoms with van der Waals surface area (Å²) in [7, 11) is 1.52. The fourth-order valence-corrected chi connectivity index (χ4v) is 5.23. The average molecular weight is 491 g/mol. The number of aliphatic hydroxyl groups is 1. The van der Waals surface area contributed by atoms with Crippen LogP contribution in [0.15, 0.2) is 22.9 Å². The van der Waals surface area contributed by atoms with Gasteiger partial charge >= 0.3 is 6.09 Å². The highest BCUT2D eigenvalue weighted by molar-refractivity contribution is 6.06. The first-order valence-corrected chi connectivity index (χ1v) is 12.0. The molecule has 0 aromatic carbocycles. The number of imide groups is 1. The highest BCUT2D eigenvalue weighted by atomic mass is 16.6. The molecule has 11 nitrogen and oxygen atoms in total. The van der Waals surface area contributed by atoms with E-state index in [0.29, 0.717) is 37.3 Å². The lowest BCUT2D eigenvalue weighted by molar-refractivity contribution is -0.149. The number of piperazine rings is 1. The molecule has 4 atom stereocenters. The van der Waals surface area contributed by atoms with Crippen LogP contribution in [0.5, 0.6) is 0 Å². The molecule has 4 rings (SSSR count). The number of ether oxygens (including phenoxy) is 2. The van der Waals surface area contributed by atoms with E-state index in [4.69, 9.17) is 9.47 Å². The van der Waals surface area contributed by atoms with Gasteiger partial charge in [0.05, 0.1) is 11.7 Å². The van der Waals surface area contributed by atoms with Gasteiger partial charge in [-0.2, -0.15) is 0 Å². The van der Waals surface area contributed by atoms with Gasteiger partial charge in [0.15, 0.2) is 6.23 Å². The third kappa shape index (κ3) is 4.66. The Labute approximate surface area is 204 Å². The molecule has 192 valence electrons. The molecule has 0 aromatic rings. The van der Waals surface area contributed by atoms with Crippen molar-refractivity contribution < 1.29 is 33.8 Å². The van der Waals surface area contributed by atoms with Crippen molar-refractivity contribution in [2.24, 2.45) is 5.92 Å². The second-order valence-corrected chi connectivity index (χ2v) is 10.4. The number of carbonyl (C=O) groups is 4. The first kappa shape index (κ1) is 25.2. The predicted octanol–water partition coefficient (Wildman–Crippen LogP) is 0.350. The van der Waals surface area contributed by atoms with Crippen molar-refractivity contribution in [1.82, 2.24) is 20.0 Å². The normalized spacial score (nSPS) is 29.8. The van der Waals surface area contributed by atoms with Crippen LogP contribution >= 0.6 is 0 Å². The fourth-order valence-electron chi connectivity index (χ4n) is 5.23. The zero-order chi connectivity index (χ0) is 25.7. The Kier molecular flexibility index (Phi) is 6.67. The van der Waals surface area contributed by atoms with E-state index < -0.39 is 35.8 Å². The minimum atomic E-state index is -1.32. The van der Waals surface area contributed by atoms with Crippen molar-refractivity contribution in [3.05, 3.63) is 22.9 Å². The van der Waals surface area contributed by atoms with Crippen LogP contribution in [-0.2, 0) is 23.9 Å². The highest BCUT2D eigenvalue weighted by Crippen LogP contribution is 2.41. The van der Waals surface area contributed by atoms with Crippen LogP contribution in [0, 0.1) is 5.92 Å². The van der Waals surface area contributed by atoms with E-state index in [1.807, 2.05) is 33.8 Å². The van der Waals surface area contributed by atoms with E-state index in [2.05, 4.69) is 10.2 Å². The maximum absolute atomic E-state index is 13.4. The van der Waals surface area contributed by atoms with Gasteiger partial charge in [-0.25, -0.2) is 4.79 Å². The van der Waals surface area contributed by atoms with Gasteiger partial charge in [-0.05, 0) is 33.3 Å². The van der Waals surface area contributed by atoms with E-state index in [0.717, 1.165) is 10.6 Å². The second-order valence-electron chi connectivity index (χ2n) is 10.4. The highest BCUT2D eigenvalue weighted by Gasteiger charge is 2.50. The van der Waals surface area contributed by atoms with Crippen LogP contribution in [0.3, 0.4) is 0 Å². The largest absolute Gasteiger partial charge is 0.444 e. The first-order chi connectivity index (χ1) is 16.4. The molecule has 0 bridgehead atoms. The number of hydrogen-bond donors (Lipinski definition) is 2. The quantitative estimate of drug-likeness (QED) is 0.543. The van der Waals surface area contributed by atoms with E-state index in [-0.39, 0.29) is 30.8 Å². The van der Waals surface area contributed by atoms with Gasteiger partial charge in [0.25, 0.3) is 5.91 Å². The summed E-state index contributed by atoms with van der Waals surface area (Å²) in [5, 5.41) is 13.4. The Morgan fingerprint density at radius 1 is 1.14 bits per heavy atom. The molecule has 1 aliphatic carbocycles. The summed E-state index contributed by atoms with van der Waals surface area (Å²) in [5.41, 5.74) is 1.09. The van der Waals surface area contributed by atoms with Gasteiger partial charge in [0.1, 0.15) is 11.6 Å². The average Bonchev–Trinajstić information content (AvgIpc) is 3.02. The van der Waals surface area contributed by atoms with Crippen LogP contribution in [-0.4, -0.2) is 101 Å². The number of aliphatic hydroxyl groups excluding tert-OH is 1. The molecule has 0 aromatic heterocycles. The van der Waals surface area contributed by atoms with Gasteiger partial charge in [0, 0.05) is 56.9 Å². The first-order valence-electron chi connectivity index (χ1n) is 12.0.